The van der Waals surface area contributed by atoms with Gasteiger partial charge in [0.2, 0.25) is 5.91 Å². The van der Waals surface area contributed by atoms with Crippen LogP contribution in [0.1, 0.15) is 29.3 Å². The van der Waals surface area contributed by atoms with Gasteiger partial charge in [-0.3, -0.25) is 14.8 Å². The number of para-hydroxylation sites is 1. The van der Waals surface area contributed by atoms with Crippen LogP contribution >= 0.6 is 11.3 Å². The van der Waals surface area contributed by atoms with Gasteiger partial charge in [0.1, 0.15) is 0 Å². The van der Waals surface area contributed by atoms with Crippen LogP contribution in [0.4, 0.5) is 5.13 Å². The first kappa shape index (κ1) is 27.2. The maximum atomic E-state index is 13.9. The highest BCUT2D eigenvalue weighted by Gasteiger charge is 2.30. The summed E-state index contributed by atoms with van der Waals surface area (Å²) in [7, 11) is -3.95. The van der Waals surface area contributed by atoms with Gasteiger partial charge in [-0.15, -0.1) is 0 Å². The smallest absolute Gasteiger partial charge is 0.267 e. The van der Waals surface area contributed by atoms with Crippen LogP contribution < -0.4 is 10.8 Å². The number of nitrogens with zero attached hydrogens (tertiary/aromatic N) is 2. The zero-order valence-electron chi connectivity index (χ0n) is 20.8. The van der Waals surface area contributed by atoms with Crippen LogP contribution in [0.3, 0.4) is 0 Å². The van der Waals surface area contributed by atoms with Crippen LogP contribution in [0.25, 0.3) is 17.0 Å². The number of hydrogen-bond acceptors (Lipinski definition) is 7. The molecular formula is C26H27N5O5S2. The highest BCUT2D eigenvalue weighted by atomic mass is 32.2. The van der Waals surface area contributed by atoms with E-state index in [-0.39, 0.29) is 28.3 Å². The van der Waals surface area contributed by atoms with Gasteiger partial charge in [-0.05, 0) is 42.2 Å². The van der Waals surface area contributed by atoms with E-state index in [4.69, 9.17) is 5.21 Å². The molecule has 12 heteroatoms. The lowest BCUT2D eigenvalue weighted by Gasteiger charge is -2.22. The van der Waals surface area contributed by atoms with Gasteiger partial charge in [0.25, 0.3) is 15.9 Å². The number of rotatable bonds is 10. The fourth-order valence-electron chi connectivity index (χ4n) is 3.96. The lowest BCUT2D eigenvalue weighted by Crippen LogP contribution is -2.32. The number of carbonyl (C=O) groups excluding carboxylic acids is 2. The summed E-state index contributed by atoms with van der Waals surface area (Å²) in [6.07, 6.45) is 5.10. The zero-order chi connectivity index (χ0) is 27.3. The molecule has 0 aliphatic carbocycles. The van der Waals surface area contributed by atoms with Crippen molar-refractivity contribution in [3.8, 4) is 0 Å². The summed E-state index contributed by atoms with van der Waals surface area (Å²) in [5, 5.41) is 12.5. The molecular weight excluding hydrogens is 526 g/mol. The molecule has 0 spiro atoms. The summed E-state index contributed by atoms with van der Waals surface area (Å²) >= 11 is 0.927. The van der Waals surface area contributed by atoms with E-state index in [1.165, 1.54) is 28.9 Å². The van der Waals surface area contributed by atoms with Crippen LogP contribution in [0.2, 0.25) is 0 Å². The highest BCUT2D eigenvalue weighted by Crippen LogP contribution is 2.31. The lowest BCUT2D eigenvalue weighted by molar-refractivity contribution is -0.124. The highest BCUT2D eigenvalue weighted by molar-refractivity contribution is 7.91. The standard InChI is InChI=1S/C26H27N5O5S2/c1-17-25(37-26(28-17)29-18(2)32)38(35,36)31(14-13-21-15-27-23-6-4-3-5-22(21)23)16-20-9-7-19(8-10-20)11-12-24(33)30-34/h3-12,15,27,34H,13-14,16H2,1-2H3,(H,30,33)(H,28,29,32)/b12-11+. The molecule has 0 fully saturated rings. The van der Waals surface area contributed by atoms with Crippen molar-refractivity contribution in [2.45, 2.75) is 31.0 Å². The van der Waals surface area contributed by atoms with Crippen LogP contribution in [0.5, 0.6) is 0 Å². The van der Waals surface area contributed by atoms with E-state index < -0.39 is 15.9 Å². The van der Waals surface area contributed by atoms with Crippen LogP contribution in [0, 0.1) is 6.92 Å². The maximum Gasteiger partial charge on any atom is 0.267 e. The van der Waals surface area contributed by atoms with E-state index in [0.29, 0.717) is 17.7 Å². The first-order valence-electron chi connectivity index (χ1n) is 11.7. The van der Waals surface area contributed by atoms with Crippen molar-refractivity contribution < 1.29 is 23.2 Å². The molecule has 0 bridgehead atoms. The molecule has 0 aliphatic rings. The molecule has 2 amide bonds. The van der Waals surface area contributed by atoms with Crippen LogP contribution in [-0.4, -0.2) is 46.3 Å². The fourth-order valence-corrected chi connectivity index (χ4v) is 6.98. The van der Waals surface area contributed by atoms with Gasteiger partial charge in [0.05, 0.1) is 5.69 Å². The van der Waals surface area contributed by atoms with Gasteiger partial charge in [-0.2, -0.15) is 4.31 Å². The number of aromatic nitrogens is 2. The molecule has 4 aromatic rings. The number of carbonyl (C=O) groups is 2. The number of aromatic amines is 1. The molecule has 0 atom stereocenters. The molecule has 198 valence electrons. The molecule has 2 heterocycles. The molecule has 0 radical (unpaired) electrons. The summed E-state index contributed by atoms with van der Waals surface area (Å²) < 4.78 is 29.2. The third-order valence-electron chi connectivity index (χ3n) is 5.79. The van der Waals surface area contributed by atoms with Gasteiger partial charge in [-0.25, -0.2) is 18.9 Å². The van der Waals surface area contributed by atoms with E-state index in [2.05, 4.69) is 15.3 Å². The molecule has 4 N–H and O–H groups in total. The Labute approximate surface area is 224 Å². The molecule has 0 aliphatic heterocycles. The van der Waals surface area contributed by atoms with Crippen LogP contribution in [0.15, 0.2) is 65.0 Å². The average Bonchev–Trinajstić information content (AvgIpc) is 3.48. The largest absolute Gasteiger partial charge is 0.361 e. The molecule has 4 rings (SSSR count). The Morgan fingerprint density at radius 2 is 1.89 bits per heavy atom. The minimum absolute atomic E-state index is 0.0785. The number of thiazole rings is 1. The molecule has 38 heavy (non-hydrogen) atoms. The second-order valence-corrected chi connectivity index (χ2v) is 11.7. The molecule has 0 saturated carbocycles. The van der Waals surface area contributed by atoms with Crippen LogP contribution in [-0.2, 0) is 32.6 Å². The molecule has 2 aromatic carbocycles. The Hall–Kier alpha value is -3.84. The Balaban J connectivity index is 1.62. The van der Waals surface area contributed by atoms with E-state index in [1.807, 2.05) is 30.5 Å². The number of H-pyrrole nitrogens is 1. The topological polar surface area (TPSA) is 144 Å². The van der Waals surface area contributed by atoms with Gasteiger partial charge >= 0.3 is 0 Å². The van der Waals surface area contributed by atoms with Crippen molar-refractivity contribution in [1.29, 1.82) is 0 Å². The number of anilines is 1. The van der Waals surface area contributed by atoms with Crippen molar-refractivity contribution in [2.75, 3.05) is 11.9 Å². The van der Waals surface area contributed by atoms with Crippen molar-refractivity contribution in [1.82, 2.24) is 19.8 Å². The second kappa shape index (κ2) is 11.7. The van der Waals surface area contributed by atoms with Gasteiger partial charge < -0.3 is 10.3 Å². The number of amides is 2. The number of sulfonamides is 1. The Bertz CT molecular complexity index is 1590. The summed E-state index contributed by atoms with van der Waals surface area (Å²) in [6.45, 7) is 3.28. The zero-order valence-corrected chi connectivity index (χ0v) is 22.4. The van der Waals surface area contributed by atoms with Gasteiger partial charge in [0.15, 0.2) is 9.34 Å². The SMILES string of the molecule is CC(=O)Nc1nc(C)c(S(=O)(=O)N(CCc2c[nH]c3ccccc23)Cc2ccc(/C=C/C(=O)NO)cc2)s1. The normalized spacial score (nSPS) is 11.9. The molecule has 10 nitrogen and oxygen atoms in total. The summed E-state index contributed by atoms with van der Waals surface area (Å²) in [4.78, 5) is 30.2. The number of aryl methyl sites for hydroxylation is 1. The molecule has 0 unspecified atom stereocenters. The minimum atomic E-state index is -3.95. The fraction of sp³-hybridized carbons (Fsp3) is 0.192. The van der Waals surface area contributed by atoms with E-state index in [1.54, 1.807) is 31.2 Å². The third kappa shape index (κ3) is 6.34. The Morgan fingerprint density at radius 3 is 2.61 bits per heavy atom. The summed E-state index contributed by atoms with van der Waals surface area (Å²) in [6, 6.07) is 14.9. The van der Waals surface area contributed by atoms with Crippen molar-refractivity contribution in [2.24, 2.45) is 0 Å². The predicted molar refractivity (Wildman–Crippen MR) is 146 cm³/mol. The van der Waals surface area contributed by atoms with Crippen molar-refractivity contribution in [3.05, 3.63) is 83.2 Å². The monoisotopic (exact) mass is 553 g/mol. The number of hydrogen-bond donors (Lipinski definition) is 4. The van der Waals surface area contributed by atoms with Gasteiger partial charge in [0, 0.05) is 43.2 Å². The van der Waals surface area contributed by atoms with E-state index >= 15 is 0 Å². The summed E-state index contributed by atoms with van der Waals surface area (Å²) in [5.74, 6) is -0.980. The third-order valence-corrected chi connectivity index (χ3v) is 9.30. The first-order chi connectivity index (χ1) is 18.2. The Kier molecular flexibility index (Phi) is 8.37. The lowest BCUT2D eigenvalue weighted by atomic mass is 10.1. The van der Waals surface area contributed by atoms with Gasteiger partial charge in [-0.1, -0.05) is 53.8 Å². The quantitative estimate of drug-likeness (QED) is 0.133. The van der Waals surface area contributed by atoms with E-state index in [9.17, 15) is 18.0 Å². The Morgan fingerprint density at radius 1 is 1.16 bits per heavy atom. The number of benzene rings is 2. The maximum absolute atomic E-state index is 13.9. The molecule has 2 aromatic heterocycles. The number of nitrogens with one attached hydrogen (secondary N) is 3. The van der Waals surface area contributed by atoms with Crippen molar-refractivity contribution >= 4 is 55.3 Å². The number of hydroxylamine groups is 1. The first-order valence-corrected chi connectivity index (χ1v) is 13.9. The minimum Gasteiger partial charge on any atom is -0.361 e. The summed E-state index contributed by atoms with van der Waals surface area (Å²) in [5.41, 5.74) is 5.29. The second-order valence-electron chi connectivity index (χ2n) is 8.57. The van der Waals surface area contributed by atoms with Crippen molar-refractivity contribution in [3.63, 3.8) is 0 Å². The predicted octanol–water partition coefficient (Wildman–Crippen LogP) is 3.84. The van der Waals surface area contributed by atoms with E-state index in [0.717, 1.165) is 33.4 Å². The number of fused-ring (bicyclic) bond motifs is 1. The average molecular weight is 554 g/mol. The molecule has 0 saturated heterocycles.